The number of nitrogens with one attached hydrogen (secondary N) is 1. The summed E-state index contributed by atoms with van der Waals surface area (Å²) in [6, 6.07) is 5.26. The molecule has 1 N–H and O–H groups in total. The number of anilines is 3. The number of ether oxygens (including phenoxy) is 1. The number of pyridine rings is 1. The third-order valence-corrected chi connectivity index (χ3v) is 6.97. The Balaban J connectivity index is 1.42. The Kier molecular flexibility index (Phi) is 6.41. The monoisotopic (exact) mass is 541 g/mol. The topological polar surface area (TPSA) is 79.9 Å². The Morgan fingerprint density at radius 3 is 2.50 bits per heavy atom. The Labute approximate surface area is 226 Å². The lowest BCUT2D eigenvalue weighted by Crippen LogP contribution is -2.59. The Morgan fingerprint density at radius 2 is 1.84 bits per heavy atom. The zero-order valence-electron chi connectivity index (χ0n) is 22.7. The predicted octanol–water partition coefficient (Wildman–Crippen LogP) is 5.90. The Hall–Kier alpha value is -3.53. The number of fused-ring (bicyclic) bond motifs is 2. The number of benzene rings is 1. The molecule has 1 aromatic carbocycles. The maximum atomic E-state index is 14.6. The van der Waals surface area contributed by atoms with Crippen LogP contribution in [0.4, 0.5) is 26.4 Å². The van der Waals surface area contributed by atoms with Crippen molar-refractivity contribution in [3.8, 4) is 0 Å². The van der Waals surface area contributed by atoms with E-state index in [4.69, 9.17) is 16.3 Å². The van der Waals surface area contributed by atoms with E-state index in [0.717, 1.165) is 22.3 Å². The summed E-state index contributed by atoms with van der Waals surface area (Å²) in [7, 11) is 1.85. The van der Waals surface area contributed by atoms with Crippen LogP contribution in [-0.4, -0.2) is 60.9 Å². The molecule has 0 spiro atoms. The SMILES string of the molecule is Cc1cn2cc(Nc3nn(C)c4cc(N5C[C@@H](C)N(C(=O)OC(C)(C)C)[C@@H](C)C5)cc(Cl)c34)cc(F)c2n1. The van der Waals surface area contributed by atoms with Crippen molar-refractivity contribution in [2.24, 2.45) is 7.05 Å². The van der Waals surface area contributed by atoms with Crippen molar-refractivity contribution in [1.29, 1.82) is 0 Å². The van der Waals surface area contributed by atoms with Gasteiger partial charge in [-0.3, -0.25) is 9.58 Å². The highest BCUT2D eigenvalue weighted by molar-refractivity contribution is 6.37. The summed E-state index contributed by atoms with van der Waals surface area (Å²) in [5.74, 6) is 0.108. The summed E-state index contributed by atoms with van der Waals surface area (Å²) in [5, 5.41) is 9.13. The number of carbonyl (C=O) groups is 1. The fourth-order valence-electron chi connectivity index (χ4n) is 5.18. The van der Waals surface area contributed by atoms with Crippen molar-refractivity contribution in [2.45, 2.75) is 59.2 Å². The third kappa shape index (κ3) is 4.84. The minimum Gasteiger partial charge on any atom is -0.444 e. The number of aryl methyl sites for hydroxylation is 2. The van der Waals surface area contributed by atoms with Crippen LogP contribution in [0.3, 0.4) is 0 Å². The van der Waals surface area contributed by atoms with E-state index in [0.29, 0.717) is 29.6 Å². The van der Waals surface area contributed by atoms with E-state index in [9.17, 15) is 9.18 Å². The molecular weight excluding hydrogens is 509 g/mol. The first-order valence-corrected chi connectivity index (χ1v) is 13.0. The van der Waals surface area contributed by atoms with Crippen molar-refractivity contribution in [2.75, 3.05) is 23.3 Å². The van der Waals surface area contributed by atoms with E-state index in [1.807, 2.05) is 65.6 Å². The molecule has 1 saturated heterocycles. The molecule has 4 heterocycles. The summed E-state index contributed by atoms with van der Waals surface area (Å²) >= 11 is 6.83. The first-order chi connectivity index (χ1) is 17.8. The number of nitrogens with zero attached hydrogens (tertiary/aromatic N) is 6. The lowest BCUT2D eigenvalue weighted by Gasteiger charge is -2.45. The molecule has 9 nitrogen and oxygen atoms in total. The third-order valence-electron chi connectivity index (χ3n) is 6.67. The number of piperazine rings is 1. The van der Waals surface area contributed by atoms with Crippen LogP contribution in [0.2, 0.25) is 5.02 Å². The van der Waals surface area contributed by atoms with Crippen LogP contribution in [0.1, 0.15) is 40.3 Å². The van der Waals surface area contributed by atoms with Crippen molar-refractivity contribution >= 4 is 51.4 Å². The first-order valence-electron chi connectivity index (χ1n) is 12.6. The summed E-state index contributed by atoms with van der Waals surface area (Å²) < 4.78 is 23.7. The molecule has 1 fully saturated rings. The molecular formula is C27H33ClFN7O2. The number of amides is 1. The van der Waals surface area contributed by atoms with Crippen molar-refractivity contribution in [1.82, 2.24) is 24.1 Å². The predicted molar refractivity (Wildman–Crippen MR) is 148 cm³/mol. The van der Waals surface area contributed by atoms with Crippen molar-refractivity contribution in [3.63, 3.8) is 0 Å². The van der Waals surface area contributed by atoms with E-state index >= 15 is 0 Å². The Bertz CT molecular complexity index is 1530. The molecule has 1 aliphatic rings. The van der Waals surface area contributed by atoms with Gasteiger partial charge in [-0.05, 0) is 53.7 Å². The molecule has 11 heteroatoms. The van der Waals surface area contributed by atoms with Crippen LogP contribution in [0.5, 0.6) is 0 Å². The molecule has 202 valence electrons. The maximum absolute atomic E-state index is 14.6. The van der Waals surface area contributed by atoms with Gasteiger partial charge in [-0.1, -0.05) is 11.6 Å². The van der Waals surface area contributed by atoms with E-state index < -0.39 is 11.4 Å². The molecule has 0 radical (unpaired) electrons. The molecule has 0 aliphatic carbocycles. The van der Waals surface area contributed by atoms with Gasteiger partial charge in [0.05, 0.1) is 39.4 Å². The van der Waals surface area contributed by atoms with Crippen LogP contribution >= 0.6 is 11.6 Å². The normalized spacial score (nSPS) is 18.4. The highest BCUT2D eigenvalue weighted by Gasteiger charge is 2.36. The summed E-state index contributed by atoms with van der Waals surface area (Å²) in [4.78, 5) is 21.1. The number of aromatic nitrogens is 4. The molecule has 5 rings (SSSR count). The minimum absolute atomic E-state index is 0.0523. The molecule has 0 bridgehead atoms. The number of hydrogen-bond donors (Lipinski definition) is 1. The molecule has 0 saturated carbocycles. The average molecular weight is 542 g/mol. The lowest BCUT2D eigenvalue weighted by atomic mass is 10.1. The number of carbonyl (C=O) groups excluding carboxylic acids is 1. The van der Waals surface area contributed by atoms with Crippen molar-refractivity contribution < 1.29 is 13.9 Å². The van der Waals surface area contributed by atoms with Gasteiger partial charge in [0, 0.05) is 44.3 Å². The van der Waals surface area contributed by atoms with Gasteiger partial charge in [-0.25, -0.2) is 14.2 Å². The second-order valence-corrected chi connectivity index (χ2v) is 11.5. The second kappa shape index (κ2) is 9.34. The molecule has 38 heavy (non-hydrogen) atoms. The summed E-state index contributed by atoms with van der Waals surface area (Å²) in [5.41, 5.74) is 2.78. The lowest BCUT2D eigenvalue weighted by molar-refractivity contribution is 0.00566. The highest BCUT2D eigenvalue weighted by Crippen LogP contribution is 2.37. The van der Waals surface area contributed by atoms with E-state index in [1.54, 1.807) is 21.5 Å². The van der Waals surface area contributed by atoms with Crippen LogP contribution < -0.4 is 10.2 Å². The maximum Gasteiger partial charge on any atom is 0.410 e. The Morgan fingerprint density at radius 1 is 1.16 bits per heavy atom. The largest absolute Gasteiger partial charge is 0.444 e. The van der Waals surface area contributed by atoms with E-state index in [2.05, 4.69) is 20.3 Å². The quantitative estimate of drug-likeness (QED) is 0.348. The van der Waals surface area contributed by atoms with Gasteiger partial charge in [-0.15, -0.1) is 0 Å². The van der Waals surface area contributed by atoms with Gasteiger partial charge < -0.3 is 19.4 Å². The number of rotatable bonds is 3. The smallest absolute Gasteiger partial charge is 0.410 e. The number of halogens is 2. The van der Waals surface area contributed by atoms with Gasteiger partial charge in [0.15, 0.2) is 17.3 Å². The van der Waals surface area contributed by atoms with Crippen LogP contribution in [0.15, 0.2) is 30.6 Å². The van der Waals surface area contributed by atoms with Crippen LogP contribution in [-0.2, 0) is 11.8 Å². The standard InChI is InChI=1S/C27H33ClFN7O2/c1-15-11-35-14-18(8-21(29)25(35)30-15)31-24-23-20(28)9-19(10-22(23)33(7)32-24)34-12-16(2)36(17(3)13-34)26(37)38-27(4,5)6/h8-11,14,16-17H,12-13H2,1-7H3,(H,31,32)/t16-,17+. The molecule has 3 aromatic heterocycles. The van der Waals surface area contributed by atoms with Gasteiger partial charge in [0.1, 0.15) is 5.60 Å². The summed E-state index contributed by atoms with van der Waals surface area (Å²) in [6.45, 7) is 12.8. The molecule has 1 aliphatic heterocycles. The van der Waals surface area contributed by atoms with Crippen LogP contribution in [0, 0.1) is 12.7 Å². The van der Waals surface area contributed by atoms with Gasteiger partial charge >= 0.3 is 6.09 Å². The van der Waals surface area contributed by atoms with Crippen molar-refractivity contribution in [3.05, 3.63) is 47.1 Å². The van der Waals surface area contributed by atoms with Crippen LogP contribution in [0.25, 0.3) is 16.6 Å². The fraction of sp³-hybridized carbons (Fsp3) is 0.444. The molecule has 0 unspecified atom stereocenters. The van der Waals surface area contributed by atoms with E-state index in [-0.39, 0.29) is 23.8 Å². The van der Waals surface area contributed by atoms with Gasteiger partial charge in [0.25, 0.3) is 0 Å². The zero-order valence-corrected chi connectivity index (χ0v) is 23.5. The van der Waals surface area contributed by atoms with Gasteiger partial charge in [-0.2, -0.15) is 5.10 Å². The van der Waals surface area contributed by atoms with E-state index in [1.165, 1.54) is 6.07 Å². The molecule has 2 atom stereocenters. The second-order valence-electron chi connectivity index (χ2n) is 11.1. The number of hydrogen-bond acceptors (Lipinski definition) is 6. The minimum atomic E-state index is -0.549. The average Bonchev–Trinajstić information content (AvgIpc) is 3.31. The molecule has 4 aromatic rings. The molecule has 1 amide bonds. The fourth-order valence-corrected chi connectivity index (χ4v) is 5.48. The van der Waals surface area contributed by atoms with Gasteiger partial charge in [0.2, 0.25) is 0 Å². The highest BCUT2D eigenvalue weighted by atomic mass is 35.5. The summed E-state index contributed by atoms with van der Waals surface area (Å²) in [6.07, 6.45) is 3.24. The number of imidazole rings is 1. The zero-order chi connectivity index (χ0) is 27.5. The first kappa shape index (κ1) is 26.1.